The van der Waals surface area contributed by atoms with Crippen LogP contribution >= 0.6 is 11.6 Å². The molecule has 1 aromatic rings. The second-order valence-electron chi connectivity index (χ2n) is 3.76. The van der Waals surface area contributed by atoms with E-state index in [9.17, 15) is 4.39 Å². The number of hydrogen-bond donors (Lipinski definition) is 1. The number of nitrogens with two attached hydrogens (primary N) is 1. The van der Waals surface area contributed by atoms with Crippen LogP contribution in [-0.4, -0.2) is 6.54 Å². The van der Waals surface area contributed by atoms with Crippen molar-refractivity contribution >= 4 is 11.6 Å². The molecule has 0 bridgehead atoms. The van der Waals surface area contributed by atoms with E-state index in [1.165, 1.54) is 0 Å². The molecule has 0 aliphatic rings. The maximum absolute atomic E-state index is 14.5. The minimum atomic E-state index is -1.30. The van der Waals surface area contributed by atoms with Gasteiger partial charge in [-0.3, -0.25) is 0 Å². The summed E-state index contributed by atoms with van der Waals surface area (Å²) in [5, 5.41) is 0.630. The molecule has 0 aromatic heterocycles. The lowest BCUT2D eigenvalue weighted by Crippen LogP contribution is -2.23. The molecule has 84 valence electrons. The highest BCUT2D eigenvalue weighted by Gasteiger charge is 2.29. The largest absolute Gasteiger partial charge is 0.330 e. The number of rotatable bonds is 5. The molecule has 1 rings (SSSR count). The zero-order valence-electron chi connectivity index (χ0n) is 8.97. The van der Waals surface area contributed by atoms with Gasteiger partial charge in [-0.15, -0.1) is 0 Å². The summed E-state index contributed by atoms with van der Waals surface area (Å²) in [6.07, 6.45) is 1.67. The number of alkyl halides is 1. The van der Waals surface area contributed by atoms with Gasteiger partial charge in [-0.1, -0.05) is 37.1 Å². The fourth-order valence-corrected chi connectivity index (χ4v) is 1.91. The van der Waals surface area contributed by atoms with Crippen molar-refractivity contribution < 1.29 is 4.39 Å². The fraction of sp³-hybridized carbons (Fsp3) is 0.500. The molecular weight excluding hydrogens is 213 g/mol. The molecular formula is C12H17ClFN. The van der Waals surface area contributed by atoms with E-state index >= 15 is 0 Å². The van der Waals surface area contributed by atoms with Gasteiger partial charge in [0.1, 0.15) is 5.67 Å². The van der Waals surface area contributed by atoms with Crippen molar-refractivity contribution in [2.24, 2.45) is 5.73 Å². The first-order chi connectivity index (χ1) is 7.12. The summed E-state index contributed by atoms with van der Waals surface area (Å²) in [5.41, 5.74) is 4.83. The summed E-state index contributed by atoms with van der Waals surface area (Å²) < 4.78 is 14.5. The molecule has 1 nitrogen and oxygen atoms in total. The molecule has 0 radical (unpaired) electrons. The Hall–Kier alpha value is -0.600. The maximum atomic E-state index is 14.5. The van der Waals surface area contributed by atoms with Gasteiger partial charge in [-0.25, -0.2) is 4.39 Å². The van der Waals surface area contributed by atoms with Gasteiger partial charge in [-0.05, 0) is 37.1 Å². The van der Waals surface area contributed by atoms with E-state index in [2.05, 4.69) is 0 Å². The predicted molar refractivity (Wildman–Crippen MR) is 62.8 cm³/mol. The van der Waals surface area contributed by atoms with Crippen molar-refractivity contribution in [3.8, 4) is 0 Å². The Balaban J connectivity index is 2.92. The Labute approximate surface area is 95.4 Å². The quantitative estimate of drug-likeness (QED) is 0.820. The Kier molecular flexibility index (Phi) is 4.55. The molecule has 1 unspecified atom stereocenters. The predicted octanol–water partition coefficient (Wildman–Crippen LogP) is 3.65. The molecule has 2 N–H and O–H groups in total. The van der Waals surface area contributed by atoms with Gasteiger partial charge in [0.25, 0.3) is 0 Å². The van der Waals surface area contributed by atoms with Crippen molar-refractivity contribution in [2.45, 2.75) is 31.9 Å². The molecule has 1 atom stereocenters. The van der Waals surface area contributed by atoms with Crippen LogP contribution in [0, 0.1) is 0 Å². The minimum absolute atomic E-state index is 0.360. The standard InChI is InChI=1S/C12H17ClFN/c1-2-7-12(14,8-9-15)10-3-5-11(13)6-4-10/h3-6H,2,7-9,15H2,1H3. The molecule has 15 heavy (non-hydrogen) atoms. The summed E-state index contributed by atoms with van der Waals surface area (Å²) in [7, 11) is 0. The summed E-state index contributed by atoms with van der Waals surface area (Å²) in [5.74, 6) is 0. The highest BCUT2D eigenvalue weighted by Crippen LogP contribution is 2.34. The Morgan fingerprint density at radius 1 is 1.27 bits per heavy atom. The molecule has 1 aromatic carbocycles. The topological polar surface area (TPSA) is 26.0 Å². The lowest BCUT2D eigenvalue weighted by molar-refractivity contribution is 0.139. The van der Waals surface area contributed by atoms with Crippen LogP contribution in [0.5, 0.6) is 0 Å². The van der Waals surface area contributed by atoms with Gasteiger partial charge in [0, 0.05) is 5.02 Å². The van der Waals surface area contributed by atoms with E-state index < -0.39 is 5.67 Å². The first kappa shape index (κ1) is 12.5. The van der Waals surface area contributed by atoms with Crippen LogP contribution in [-0.2, 0) is 5.67 Å². The Morgan fingerprint density at radius 2 is 1.87 bits per heavy atom. The maximum Gasteiger partial charge on any atom is 0.137 e. The van der Waals surface area contributed by atoms with Crippen LogP contribution in [0.2, 0.25) is 5.02 Å². The van der Waals surface area contributed by atoms with Gasteiger partial charge >= 0.3 is 0 Å². The molecule has 0 fully saturated rings. The van der Waals surface area contributed by atoms with Gasteiger partial charge in [-0.2, -0.15) is 0 Å². The molecule has 0 saturated heterocycles. The molecule has 0 aliphatic heterocycles. The third-order valence-electron chi connectivity index (χ3n) is 2.55. The second kappa shape index (κ2) is 5.47. The number of benzene rings is 1. The fourth-order valence-electron chi connectivity index (χ4n) is 1.79. The summed E-state index contributed by atoms with van der Waals surface area (Å²) in [6.45, 7) is 2.33. The number of hydrogen-bond acceptors (Lipinski definition) is 1. The zero-order valence-corrected chi connectivity index (χ0v) is 9.73. The zero-order chi connectivity index (χ0) is 11.3. The lowest BCUT2D eigenvalue weighted by Gasteiger charge is -2.25. The van der Waals surface area contributed by atoms with E-state index in [0.717, 1.165) is 6.42 Å². The van der Waals surface area contributed by atoms with Crippen LogP contribution in [0.4, 0.5) is 4.39 Å². The second-order valence-corrected chi connectivity index (χ2v) is 4.20. The first-order valence-electron chi connectivity index (χ1n) is 5.27. The van der Waals surface area contributed by atoms with Crippen LogP contribution in [0.25, 0.3) is 0 Å². The minimum Gasteiger partial charge on any atom is -0.330 e. The van der Waals surface area contributed by atoms with Gasteiger partial charge in [0.05, 0.1) is 0 Å². The van der Waals surface area contributed by atoms with Gasteiger partial charge in [0.15, 0.2) is 0 Å². The van der Waals surface area contributed by atoms with Crippen molar-refractivity contribution in [1.29, 1.82) is 0 Å². The van der Waals surface area contributed by atoms with Crippen LogP contribution in [0.15, 0.2) is 24.3 Å². The van der Waals surface area contributed by atoms with Crippen LogP contribution in [0.1, 0.15) is 31.7 Å². The highest BCUT2D eigenvalue weighted by atomic mass is 35.5. The van der Waals surface area contributed by atoms with Gasteiger partial charge in [0.2, 0.25) is 0 Å². The molecule has 0 heterocycles. The van der Waals surface area contributed by atoms with Crippen molar-refractivity contribution in [3.63, 3.8) is 0 Å². The SMILES string of the molecule is CCCC(F)(CCN)c1ccc(Cl)cc1. The average molecular weight is 230 g/mol. The normalized spacial score (nSPS) is 14.9. The van der Waals surface area contributed by atoms with E-state index in [1.54, 1.807) is 24.3 Å². The van der Waals surface area contributed by atoms with Crippen LogP contribution in [0.3, 0.4) is 0 Å². The van der Waals surface area contributed by atoms with Gasteiger partial charge < -0.3 is 5.73 Å². The molecule has 3 heteroatoms. The lowest BCUT2D eigenvalue weighted by atomic mass is 9.88. The van der Waals surface area contributed by atoms with E-state index in [0.29, 0.717) is 30.0 Å². The smallest absolute Gasteiger partial charge is 0.137 e. The van der Waals surface area contributed by atoms with E-state index in [1.807, 2.05) is 6.92 Å². The third kappa shape index (κ3) is 3.18. The molecule has 0 amide bonds. The molecule has 0 aliphatic carbocycles. The van der Waals surface area contributed by atoms with Crippen LogP contribution < -0.4 is 5.73 Å². The van der Waals surface area contributed by atoms with Crippen molar-refractivity contribution in [1.82, 2.24) is 0 Å². The molecule has 0 spiro atoms. The molecule has 0 saturated carbocycles. The van der Waals surface area contributed by atoms with Crippen molar-refractivity contribution in [2.75, 3.05) is 6.54 Å². The van der Waals surface area contributed by atoms with E-state index in [-0.39, 0.29) is 0 Å². The average Bonchev–Trinajstić information content (AvgIpc) is 2.19. The third-order valence-corrected chi connectivity index (χ3v) is 2.80. The monoisotopic (exact) mass is 229 g/mol. The number of halogens is 2. The summed E-state index contributed by atoms with van der Waals surface area (Å²) >= 11 is 5.77. The van der Waals surface area contributed by atoms with E-state index in [4.69, 9.17) is 17.3 Å². The van der Waals surface area contributed by atoms with Crippen molar-refractivity contribution in [3.05, 3.63) is 34.9 Å². The highest BCUT2D eigenvalue weighted by molar-refractivity contribution is 6.30. The Bertz CT molecular complexity index is 291. The Morgan fingerprint density at radius 3 is 2.33 bits per heavy atom. The first-order valence-corrected chi connectivity index (χ1v) is 5.65. The summed E-state index contributed by atoms with van der Waals surface area (Å²) in [6, 6.07) is 6.93. The summed E-state index contributed by atoms with van der Waals surface area (Å²) in [4.78, 5) is 0.